The summed E-state index contributed by atoms with van der Waals surface area (Å²) in [5, 5.41) is 20.6. The Morgan fingerprint density at radius 2 is 1.92 bits per heavy atom. The molecule has 0 atom stereocenters. The Balaban J connectivity index is 0.000000356. The molecule has 10 heteroatoms. The molecule has 0 aliphatic rings. The number of hydrogen-bond acceptors (Lipinski definition) is 8. The highest BCUT2D eigenvalue weighted by atomic mass is 19.1. The second-order valence-corrected chi connectivity index (χ2v) is 7.51. The van der Waals surface area contributed by atoms with E-state index in [1.54, 1.807) is 36.4 Å². The zero-order chi connectivity index (χ0) is 26.6. The first-order valence-electron chi connectivity index (χ1n) is 11.1. The monoisotopic (exact) mass is 501 g/mol. The number of methoxy groups -OCH3 is 2. The minimum Gasteiger partial charge on any atom is -0.494 e. The van der Waals surface area contributed by atoms with Gasteiger partial charge in [0.1, 0.15) is 5.82 Å². The lowest BCUT2D eigenvalue weighted by atomic mass is 10.1. The summed E-state index contributed by atoms with van der Waals surface area (Å²) in [4.78, 5) is 22.4. The van der Waals surface area contributed by atoms with Crippen molar-refractivity contribution in [2.24, 2.45) is 0 Å². The maximum Gasteiger partial charge on any atom is 0.337 e. The van der Waals surface area contributed by atoms with Crippen molar-refractivity contribution in [2.45, 2.75) is 6.42 Å². The number of pyridine rings is 1. The highest BCUT2D eigenvalue weighted by molar-refractivity contribution is 5.86. The second-order valence-electron chi connectivity index (χ2n) is 7.51. The third-order valence-electron chi connectivity index (χ3n) is 5.02. The van der Waals surface area contributed by atoms with Crippen LogP contribution < -0.4 is 14.8 Å². The number of carbonyl (C=O) groups is 1. The van der Waals surface area contributed by atoms with Crippen LogP contribution in [0.2, 0.25) is 0 Å². The highest BCUT2D eigenvalue weighted by Gasteiger charge is 2.09. The topological polar surface area (TPSA) is 130 Å². The van der Waals surface area contributed by atoms with E-state index in [2.05, 4.69) is 26.3 Å². The number of hydrogen-bond donors (Lipinski definition) is 2. The van der Waals surface area contributed by atoms with Crippen LogP contribution in [0.25, 0.3) is 11.3 Å². The van der Waals surface area contributed by atoms with Gasteiger partial charge in [-0.15, -0.1) is 0 Å². The summed E-state index contributed by atoms with van der Waals surface area (Å²) in [5.41, 5.74) is 3.04. The van der Waals surface area contributed by atoms with E-state index < -0.39 is 5.97 Å². The van der Waals surface area contributed by atoms with E-state index in [9.17, 15) is 9.18 Å². The van der Waals surface area contributed by atoms with Gasteiger partial charge >= 0.3 is 12.0 Å². The van der Waals surface area contributed by atoms with Gasteiger partial charge in [-0.1, -0.05) is 18.2 Å². The number of carboxylic acids is 1. The average Bonchev–Trinajstić information content (AvgIpc) is 2.94. The molecule has 0 bridgehead atoms. The molecule has 0 amide bonds. The van der Waals surface area contributed by atoms with Gasteiger partial charge in [0.25, 0.3) is 0 Å². The van der Waals surface area contributed by atoms with Crippen molar-refractivity contribution in [3.63, 3.8) is 0 Å². The van der Waals surface area contributed by atoms with Gasteiger partial charge in [0.2, 0.25) is 0 Å². The third-order valence-corrected chi connectivity index (χ3v) is 5.02. The van der Waals surface area contributed by atoms with E-state index in [1.165, 1.54) is 38.7 Å². The molecule has 188 valence electrons. The number of anilines is 1. The van der Waals surface area contributed by atoms with Gasteiger partial charge in [0.15, 0.2) is 11.6 Å². The van der Waals surface area contributed by atoms with Gasteiger partial charge in [0, 0.05) is 30.6 Å². The molecule has 2 heterocycles. The molecule has 0 aliphatic heterocycles. The Morgan fingerprint density at radius 1 is 1.08 bits per heavy atom. The molecule has 2 aromatic heterocycles. The van der Waals surface area contributed by atoms with Crippen LogP contribution in [0, 0.1) is 17.1 Å². The Hall–Kier alpha value is -5.04. The fraction of sp³-hybridized carbons (Fsp3) is 0.148. The van der Waals surface area contributed by atoms with Crippen molar-refractivity contribution in [1.82, 2.24) is 15.0 Å². The molecule has 0 unspecified atom stereocenters. The van der Waals surface area contributed by atoms with Crippen LogP contribution in [0.15, 0.2) is 73.1 Å². The van der Waals surface area contributed by atoms with Gasteiger partial charge < -0.3 is 19.9 Å². The van der Waals surface area contributed by atoms with Crippen LogP contribution in [0.4, 0.5) is 10.2 Å². The van der Waals surface area contributed by atoms with E-state index in [1.807, 2.05) is 12.1 Å². The number of nitrogens with one attached hydrogen (secondary N) is 1. The number of carboxylic acid groups (broad SMARTS) is 1. The summed E-state index contributed by atoms with van der Waals surface area (Å²) in [6, 6.07) is 19.2. The molecular formula is C27H24FN5O4. The minimum absolute atomic E-state index is 0.220. The Kier molecular flexibility index (Phi) is 9.44. The van der Waals surface area contributed by atoms with Gasteiger partial charge in [-0.25, -0.2) is 9.18 Å². The standard InChI is InChI=1S/C21H19FN4O2.C6H5NO2/c1-27-19-7-6-14(11-17(19)22)8-9-24-20-12-18(25-21(26-20)28-2)16-5-3-4-15(10-16)13-23;8-6(9)5-2-1-3-7-4-5/h3-7,10-12H,8-9H2,1-2H3,(H,24,25,26);1-4H,(H,8,9). The number of benzene rings is 2. The van der Waals surface area contributed by atoms with E-state index in [4.69, 9.17) is 19.8 Å². The normalized spacial score (nSPS) is 9.89. The van der Waals surface area contributed by atoms with Crippen molar-refractivity contribution < 1.29 is 23.8 Å². The Bertz CT molecular complexity index is 1390. The Labute approximate surface area is 213 Å². The van der Waals surface area contributed by atoms with Crippen molar-refractivity contribution in [3.05, 3.63) is 95.6 Å². The second kappa shape index (κ2) is 13.2. The smallest absolute Gasteiger partial charge is 0.337 e. The van der Waals surface area contributed by atoms with Gasteiger partial charge in [-0.05, 0) is 48.4 Å². The van der Waals surface area contributed by atoms with Gasteiger partial charge in [-0.2, -0.15) is 15.2 Å². The number of nitriles is 1. The van der Waals surface area contributed by atoms with Crippen LogP contribution in [0.1, 0.15) is 21.5 Å². The molecule has 37 heavy (non-hydrogen) atoms. The van der Waals surface area contributed by atoms with Crippen LogP contribution in [-0.2, 0) is 6.42 Å². The molecule has 4 rings (SSSR count). The molecule has 0 saturated carbocycles. The van der Waals surface area contributed by atoms with E-state index in [0.717, 1.165) is 11.1 Å². The molecule has 0 saturated heterocycles. The molecule has 0 radical (unpaired) electrons. The highest BCUT2D eigenvalue weighted by Crippen LogP contribution is 2.23. The number of rotatable bonds is 8. The van der Waals surface area contributed by atoms with Crippen molar-refractivity contribution >= 4 is 11.8 Å². The largest absolute Gasteiger partial charge is 0.494 e. The van der Waals surface area contributed by atoms with E-state index in [0.29, 0.717) is 30.0 Å². The van der Waals surface area contributed by atoms with Crippen LogP contribution in [0.3, 0.4) is 0 Å². The maximum atomic E-state index is 13.8. The molecule has 9 nitrogen and oxygen atoms in total. The van der Waals surface area contributed by atoms with Crippen LogP contribution >= 0.6 is 0 Å². The molecule has 2 N–H and O–H groups in total. The summed E-state index contributed by atoms with van der Waals surface area (Å²) < 4.78 is 23.9. The van der Waals surface area contributed by atoms with Gasteiger partial charge in [0.05, 0.1) is 37.1 Å². The fourth-order valence-electron chi connectivity index (χ4n) is 3.19. The summed E-state index contributed by atoms with van der Waals surface area (Å²) in [6.07, 6.45) is 3.45. The Morgan fingerprint density at radius 3 is 2.54 bits per heavy atom. The maximum absolute atomic E-state index is 13.8. The molecule has 4 aromatic rings. The molecule has 0 fully saturated rings. The zero-order valence-electron chi connectivity index (χ0n) is 20.2. The quantitative estimate of drug-likeness (QED) is 0.355. The fourth-order valence-corrected chi connectivity index (χ4v) is 3.19. The predicted molar refractivity (Wildman–Crippen MR) is 135 cm³/mol. The van der Waals surface area contributed by atoms with Crippen molar-refractivity contribution in [3.8, 4) is 29.1 Å². The van der Waals surface area contributed by atoms with E-state index in [-0.39, 0.29) is 23.1 Å². The molecular weight excluding hydrogens is 477 g/mol. The van der Waals surface area contributed by atoms with Crippen molar-refractivity contribution in [2.75, 3.05) is 26.1 Å². The molecule has 0 aliphatic carbocycles. The van der Waals surface area contributed by atoms with Crippen molar-refractivity contribution in [1.29, 1.82) is 5.26 Å². The zero-order valence-corrected chi connectivity index (χ0v) is 20.2. The number of aromatic carboxylic acids is 1. The molecule has 0 spiro atoms. The minimum atomic E-state index is -0.942. The SMILES string of the molecule is COc1nc(NCCc2ccc(OC)c(F)c2)cc(-c2cccc(C#N)c2)n1.O=C(O)c1cccnc1. The lowest BCUT2D eigenvalue weighted by molar-refractivity contribution is 0.0696. The number of ether oxygens (including phenoxy) is 2. The molecule has 2 aromatic carbocycles. The number of aromatic nitrogens is 3. The predicted octanol–water partition coefficient (Wildman–Crippen LogP) is 4.61. The first kappa shape index (κ1) is 26.6. The lowest BCUT2D eigenvalue weighted by Gasteiger charge is -2.10. The van der Waals surface area contributed by atoms with E-state index >= 15 is 0 Å². The third kappa shape index (κ3) is 7.73. The van der Waals surface area contributed by atoms with Gasteiger partial charge in [-0.3, -0.25) is 4.98 Å². The first-order chi connectivity index (χ1) is 17.9. The first-order valence-corrected chi connectivity index (χ1v) is 11.1. The number of halogens is 1. The van der Waals surface area contributed by atoms with Crippen LogP contribution in [-0.4, -0.2) is 46.8 Å². The number of nitrogens with zero attached hydrogens (tertiary/aromatic N) is 4. The average molecular weight is 502 g/mol. The lowest BCUT2D eigenvalue weighted by Crippen LogP contribution is -2.08. The summed E-state index contributed by atoms with van der Waals surface area (Å²) in [7, 11) is 2.93. The summed E-state index contributed by atoms with van der Waals surface area (Å²) in [5.74, 6) is -0.522. The summed E-state index contributed by atoms with van der Waals surface area (Å²) in [6.45, 7) is 0.545. The summed E-state index contributed by atoms with van der Waals surface area (Å²) >= 11 is 0. The van der Waals surface area contributed by atoms with Crippen LogP contribution in [0.5, 0.6) is 11.8 Å².